The van der Waals surface area contributed by atoms with Crippen molar-refractivity contribution in [2.24, 2.45) is 11.8 Å². The molecule has 5 amide bonds. The number of amides is 5. The zero-order valence-corrected chi connectivity index (χ0v) is 29.3. The van der Waals surface area contributed by atoms with Crippen LogP contribution >= 0.6 is 0 Å². The summed E-state index contributed by atoms with van der Waals surface area (Å²) in [5.41, 5.74) is -0.686. The number of hydrogen-bond donors (Lipinski definition) is 2. The minimum Gasteiger partial charge on any atom is -0.497 e. The number of alkyl carbamates (subject to hydrolysis) is 1. The molecule has 49 heavy (non-hydrogen) atoms. The summed E-state index contributed by atoms with van der Waals surface area (Å²) in [6.45, 7) is 11.0. The van der Waals surface area contributed by atoms with Crippen LogP contribution in [0.2, 0.25) is 0 Å². The quantitative estimate of drug-likeness (QED) is 0.311. The van der Waals surface area contributed by atoms with Gasteiger partial charge in [0.05, 0.1) is 18.9 Å². The summed E-state index contributed by atoms with van der Waals surface area (Å²) in [6, 6.07) is 4.48. The summed E-state index contributed by atoms with van der Waals surface area (Å²) in [6.07, 6.45) is 3.24. The maximum atomic E-state index is 14.3. The highest BCUT2D eigenvalue weighted by atomic mass is 32.2. The Balaban J connectivity index is 1.38. The lowest BCUT2D eigenvalue weighted by atomic mass is 10.1. The van der Waals surface area contributed by atoms with Crippen LogP contribution in [-0.2, 0) is 24.3 Å². The fourth-order valence-corrected chi connectivity index (χ4v) is 7.18. The molecule has 2 saturated carbocycles. The monoisotopic (exact) mass is 699 g/mol. The first kappa shape index (κ1) is 35.9. The van der Waals surface area contributed by atoms with E-state index in [4.69, 9.17) is 14.2 Å². The van der Waals surface area contributed by atoms with E-state index < -0.39 is 57.1 Å². The highest BCUT2D eigenvalue weighted by Crippen LogP contribution is 2.39. The summed E-state index contributed by atoms with van der Waals surface area (Å²) >= 11 is 0. The van der Waals surface area contributed by atoms with Crippen molar-refractivity contribution in [2.45, 2.75) is 88.8 Å². The fraction of sp³-hybridized carbons (Fsp3) is 0.559. The van der Waals surface area contributed by atoms with Gasteiger partial charge in [-0.1, -0.05) is 13.0 Å². The van der Waals surface area contributed by atoms with Gasteiger partial charge in [0.2, 0.25) is 21.8 Å². The molecule has 5 atom stereocenters. The number of fused-ring (bicyclic) bond motifs is 1. The number of hydrogen-bond acceptors (Lipinski definition) is 10. The number of pyridine rings is 1. The molecule has 0 radical (unpaired) electrons. The predicted molar refractivity (Wildman–Crippen MR) is 180 cm³/mol. The first-order valence-electron chi connectivity index (χ1n) is 16.5. The smallest absolute Gasteiger partial charge is 0.407 e. The molecule has 14 nitrogen and oxygen atoms in total. The van der Waals surface area contributed by atoms with Crippen molar-refractivity contribution >= 4 is 44.7 Å². The van der Waals surface area contributed by atoms with E-state index in [-0.39, 0.29) is 43.7 Å². The zero-order valence-electron chi connectivity index (χ0n) is 28.5. The number of likely N-dealkylation sites (tertiary alicyclic amines) is 1. The van der Waals surface area contributed by atoms with Gasteiger partial charge in [-0.3, -0.25) is 14.5 Å². The number of imide groups is 1. The Morgan fingerprint density at radius 3 is 2.53 bits per heavy atom. The molecule has 2 heterocycles. The largest absolute Gasteiger partial charge is 0.497 e. The van der Waals surface area contributed by atoms with Gasteiger partial charge in [-0.2, -0.15) is 0 Å². The van der Waals surface area contributed by atoms with Crippen LogP contribution in [0.4, 0.5) is 9.59 Å². The lowest BCUT2D eigenvalue weighted by molar-refractivity contribution is -0.142. The molecule has 1 saturated heterocycles. The van der Waals surface area contributed by atoms with E-state index >= 15 is 0 Å². The third-order valence-electron chi connectivity index (χ3n) is 8.69. The summed E-state index contributed by atoms with van der Waals surface area (Å²) < 4.78 is 44.4. The van der Waals surface area contributed by atoms with E-state index in [0.29, 0.717) is 36.3 Å². The molecule has 2 N–H and O–H groups in total. The third kappa shape index (κ3) is 8.80. The standard InChI is InChI=1S/C34H45N5O9S/c1-7-21-16-27(21)39(32(42)37-49(44,45)25-9-10-25)31(41)28-17-24(47-30-26-11-8-23(46-6)15-22(26)12-13-35-30)19-38(28)29(40)14-20(2)18-36-33(43)48-34(3,4)5/h7-8,11-13,15,20-21,24-25,27-28H,1,9-10,14,16-19H2,2-6H3,(H,36,43)(H,37,42). The Labute approximate surface area is 286 Å². The van der Waals surface area contributed by atoms with Crippen LogP contribution in [0.25, 0.3) is 10.8 Å². The number of sulfonamides is 1. The normalized spacial score (nSPS) is 22.5. The lowest BCUT2D eigenvalue weighted by Gasteiger charge is -2.30. The number of nitrogens with one attached hydrogen (secondary N) is 2. The summed E-state index contributed by atoms with van der Waals surface area (Å²) in [5.74, 6) is -0.662. The van der Waals surface area contributed by atoms with Gasteiger partial charge in [0.25, 0.3) is 5.91 Å². The maximum absolute atomic E-state index is 14.3. The van der Waals surface area contributed by atoms with Crippen molar-refractivity contribution in [1.82, 2.24) is 24.8 Å². The van der Waals surface area contributed by atoms with Gasteiger partial charge < -0.3 is 24.4 Å². The molecule has 0 spiro atoms. The molecular weight excluding hydrogens is 654 g/mol. The van der Waals surface area contributed by atoms with E-state index in [9.17, 15) is 27.6 Å². The number of benzene rings is 1. The van der Waals surface area contributed by atoms with Crippen LogP contribution in [0.5, 0.6) is 11.6 Å². The van der Waals surface area contributed by atoms with E-state index in [0.717, 1.165) is 10.3 Å². The van der Waals surface area contributed by atoms with Crippen molar-refractivity contribution in [1.29, 1.82) is 0 Å². The molecule has 1 aromatic heterocycles. The summed E-state index contributed by atoms with van der Waals surface area (Å²) in [4.78, 5) is 60.6. The SMILES string of the molecule is C=CC1CC1N(C(=O)NS(=O)(=O)C1CC1)C(=O)C1CC(Oc2nccc3cc(OC)ccc23)CN1C(=O)CC(C)CNC(=O)OC(C)(C)C. The highest BCUT2D eigenvalue weighted by Gasteiger charge is 2.52. The van der Waals surface area contributed by atoms with Crippen LogP contribution in [0.3, 0.4) is 0 Å². The van der Waals surface area contributed by atoms with Crippen LogP contribution in [-0.4, -0.2) is 96.4 Å². The number of urea groups is 1. The Morgan fingerprint density at radius 2 is 1.90 bits per heavy atom. The van der Waals surface area contributed by atoms with Gasteiger partial charge in [0, 0.05) is 37.0 Å². The van der Waals surface area contributed by atoms with Gasteiger partial charge >= 0.3 is 12.1 Å². The minimum absolute atomic E-state index is 0.0149. The van der Waals surface area contributed by atoms with Crippen LogP contribution in [0.15, 0.2) is 43.1 Å². The molecule has 266 valence electrons. The predicted octanol–water partition coefficient (Wildman–Crippen LogP) is 3.75. The van der Waals surface area contributed by atoms with Crippen molar-refractivity contribution in [3.63, 3.8) is 0 Å². The maximum Gasteiger partial charge on any atom is 0.407 e. The molecular formula is C34H45N5O9S. The highest BCUT2D eigenvalue weighted by molar-refractivity contribution is 7.90. The van der Waals surface area contributed by atoms with Crippen LogP contribution in [0.1, 0.15) is 59.8 Å². The van der Waals surface area contributed by atoms with Gasteiger partial charge in [-0.25, -0.2) is 27.7 Å². The Hall–Kier alpha value is -4.40. The van der Waals surface area contributed by atoms with Crippen molar-refractivity contribution < 1.29 is 41.8 Å². The van der Waals surface area contributed by atoms with Gasteiger partial charge in [0.1, 0.15) is 23.5 Å². The van der Waals surface area contributed by atoms with E-state index in [1.54, 1.807) is 53.1 Å². The molecule has 2 aliphatic carbocycles. The lowest BCUT2D eigenvalue weighted by Crippen LogP contribution is -2.55. The number of carbonyl (C=O) groups excluding carboxylic acids is 4. The number of methoxy groups -OCH3 is 1. The first-order chi connectivity index (χ1) is 23.1. The number of aromatic nitrogens is 1. The summed E-state index contributed by atoms with van der Waals surface area (Å²) in [5, 5.41) is 3.52. The number of nitrogens with zero attached hydrogens (tertiary/aromatic N) is 3. The minimum atomic E-state index is -3.95. The van der Waals surface area contributed by atoms with Gasteiger partial charge in [-0.05, 0) is 81.5 Å². The second-order valence-electron chi connectivity index (χ2n) is 14.0. The first-order valence-corrected chi connectivity index (χ1v) is 18.0. The summed E-state index contributed by atoms with van der Waals surface area (Å²) in [7, 11) is -2.38. The molecule has 2 aromatic rings. The molecule has 1 aromatic carbocycles. The molecule has 1 aliphatic heterocycles. The molecule has 15 heteroatoms. The van der Waals surface area contributed by atoms with Crippen LogP contribution in [0, 0.1) is 11.8 Å². The van der Waals surface area contributed by atoms with Crippen LogP contribution < -0.4 is 19.5 Å². The van der Waals surface area contributed by atoms with Gasteiger partial charge in [0.15, 0.2) is 0 Å². The number of rotatable bonds is 12. The van der Waals surface area contributed by atoms with E-state index in [1.807, 2.05) is 18.2 Å². The van der Waals surface area contributed by atoms with Crippen molar-refractivity contribution in [3.8, 4) is 11.6 Å². The van der Waals surface area contributed by atoms with Crippen molar-refractivity contribution in [2.75, 3.05) is 20.2 Å². The molecule has 0 bridgehead atoms. The zero-order chi connectivity index (χ0) is 35.7. The van der Waals surface area contributed by atoms with Crippen molar-refractivity contribution in [3.05, 3.63) is 43.1 Å². The fourth-order valence-electron chi connectivity index (χ4n) is 5.92. The van der Waals surface area contributed by atoms with E-state index in [2.05, 4.69) is 21.6 Å². The number of ether oxygens (including phenoxy) is 3. The molecule has 5 unspecified atom stereocenters. The van der Waals surface area contributed by atoms with E-state index in [1.165, 1.54) is 4.90 Å². The average Bonchev–Trinajstić information content (AvgIpc) is 3.96. The average molecular weight is 700 g/mol. The Kier molecular flexibility index (Phi) is 10.4. The number of carbonyl (C=O) groups is 4. The second-order valence-corrected chi connectivity index (χ2v) is 16.0. The van der Waals surface area contributed by atoms with Gasteiger partial charge in [-0.15, -0.1) is 6.58 Å². The molecule has 3 fully saturated rings. The Bertz CT molecular complexity index is 1720. The topological polar surface area (TPSA) is 174 Å². The second kappa shape index (κ2) is 14.2. The third-order valence-corrected chi connectivity index (χ3v) is 10.5. The molecule has 5 rings (SSSR count). The molecule has 3 aliphatic rings. The Morgan fingerprint density at radius 1 is 1.16 bits per heavy atom.